The Kier molecular flexibility index (Phi) is 5.11. The lowest BCUT2D eigenvalue weighted by Gasteiger charge is -2.14. The van der Waals surface area contributed by atoms with Crippen LogP contribution in [0.5, 0.6) is 5.75 Å². The highest BCUT2D eigenvalue weighted by atomic mass is 16.6. The zero-order valence-electron chi connectivity index (χ0n) is 14.0. The van der Waals surface area contributed by atoms with Crippen molar-refractivity contribution < 1.29 is 28.8 Å². The smallest absolute Gasteiger partial charge is 0.344 e. The number of carbonyl (C=O) groups excluding carboxylic acids is 3. The molecule has 0 bridgehead atoms. The minimum absolute atomic E-state index is 0.0557. The summed E-state index contributed by atoms with van der Waals surface area (Å²) in [5.74, 6) is -1.71. The number of para-hydroxylation sites is 2. The highest BCUT2D eigenvalue weighted by molar-refractivity contribution is 6.21. The number of carbonyl (C=O) groups is 3. The lowest BCUT2D eigenvalue weighted by molar-refractivity contribution is -0.385. The molecule has 0 fully saturated rings. The van der Waals surface area contributed by atoms with Crippen LogP contribution >= 0.6 is 0 Å². The van der Waals surface area contributed by atoms with Crippen molar-refractivity contribution in [2.24, 2.45) is 0 Å². The standard InChI is InChI=1S/C18H14N2O7/c21-16(11-27-15-8-4-3-7-14(15)20(24)25)26-10-9-19-17(22)12-5-1-2-6-13(12)18(19)23/h1-8H,9-11H2. The number of fused-ring (bicyclic) bond motifs is 1. The number of hydrogen-bond acceptors (Lipinski definition) is 7. The monoisotopic (exact) mass is 370 g/mol. The first-order chi connectivity index (χ1) is 13.0. The summed E-state index contributed by atoms with van der Waals surface area (Å²) in [6.45, 7) is -0.832. The molecule has 0 spiro atoms. The summed E-state index contributed by atoms with van der Waals surface area (Å²) in [4.78, 5) is 47.3. The third-order valence-corrected chi connectivity index (χ3v) is 3.86. The van der Waals surface area contributed by atoms with Crippen LogP contribution in [-0.2, 0) is 9.53 Å². The van der Waals surface area contributed by atoms with E-state index in [1.54, 1.807) is 24.3 Å². The van der Waals surface area contributed by atoms with Crippen LogP contribution in [0.2, 0.25) is 0 Å². The van der Waals surface area contributed by atoms with Gasteiger partial charge >= 0.3 is 11.7 Å². The van der Waals surface area contributed by atoms with Gasteiger partial charge in [-0.1, -0.05) is 24.3 Å². The second-order valence-electron chi connectivity index (χ2n) is 5.54. The average Bonchev–Trinajstić information content (AvgIpc) is 2.91. The van der Waals surface area contributed by atoms with Crippen molar-refractivity contribution in [2.45, 2.75) is 0 Å². The zero-order chi connectivity index (χ0) is 19.4. The number of imide groups is 1. The number of benzene rings is 2. The lowest BCUT2D eigenvalue weighted by atomic mass is 10.1. The average molecular weight is 370 g/mol. The van der Waals surface area contributed by atoms with Crippen LogP contribution < -0.4 is 4.74 Å². The maximum Gasteiger partial charge on any atom is 0.344 e. The summed E-state index contributed by atoms with van der Waals surface area (Å²) in [5, 5.41) is 10.9. The highest BCUT2D eigenvalue weighted by Gasteiger charge is 2.34. The van der Waals surface area contributed by atoms with E-state index in [-0.39, 0.29) is 24.6 Å². The van der Waals surface area contributed by atoms with Gasteiger partial charge in [-0.25, -0.2) is 4.79 Å². The molecule has 9 heteroatoms. The van der Waals surface area contributed by atoms with Gasteiger partial charge in [0, 0.05) is 6.07 Å². The van der Waals surface area contributed by atoms with Crippen molar-refractivity contribution in [3.05, 3.63) is 69.8 Å². The summed E-state index contributed by atoms with van der Waals surface area (Å²) in [6.07, 6.45) is 0. The van der Waals surface area contributed by atoms with E-state index in [2.05, 4.69) is 0 Å². The third-order valence-electron chi connectivity index (χ3n) is 3.86. The molecular weight excluding hydrogens is 356 g/mol. The Morgan fingerprint density at radius 3 is 2.22 bits per heavy atom. The Hall–Kier alpha value is -3.75. The maximum absolute atomic E-state index is 12.2. The number of nitro groups is 1. The van der Waals surface area contributed by atoms with Gasteiger partial charge < -0.3 is 9.47 Å². The molecule has 0 saturated carbocycles. The minimum Gasteiger partial charge on any atom is -0.475 e. The quantitative estimate of drug-likeness (QED) is 0.316. The summed E-state index contributed by atoms with van der Waals surface area (Å²) < 4.78 is 10.1. The number of nitro benzene ring substituents is 1. The van der Waals surface area contributed by atoms with Gasteiger partial charge in [-0.3, -0.25) is 24.6 Å². The maximum atomic E-state index is 12.2. The number of rotatable bonds is 7. The molecule has 0 saturated heterocycles. The molecule has 0 N–H and O–H groups in total. The van der Waals surface area contributed by atoms with E-state index < -0.39 is 29.3 Å². The third kappa shape index (κ3) is 3.76. The van der Waals surface area contributed by atoms with E-state index in [9.17, 15) is 24.5 Å². The number of amides is 2. The molecule has 1 heterocycles. The second-order valence-corrected chi connectivity index (χ2v) is 5.54. The van der Waals surface area contributed by atoms with Gasteiger partial charge in [0.1, 0.15) is 6.61 Å². The second kappa shape index (κ2) is 7.65. The van der Waals surface area contributed by atoms with Crippen LogP contribution in [0.1, 0.15) is 20.7 Å². The van der Waals surface area contributed by atoms with Crippen LogP contribution in [0, 0.1) is 10.1 Å². The van der Waals surface area contributed by atoms with Crippen LogP contribution in [0.15, 0.2) is 48.5 Å². The molecule has 0 unspecified atom stereocenters. The number of esters is 1. The van der Waals surface area contributed by atoms with E-state index >= 15 is 0 Å². The molecule has 9 nitrogen and oxygen atoms in total. The molecule has 2 aromatic rings. The van der Waals surface area contributed by atoms with Crippen molar-refractivity contribution in [2.75, 3.05) is 19.8 Å². The molecular formula is C18H14N2O7. The Bertz CT molecular complexity index is 890. The van der Waals surface area contributed by atoms with Gasteiger partial charge in [0.05, 0.1) is 22.6 Å². The van der Waals surface area contributed by atoms with E-state index in [1.807, 2.05) is 0 Å². The van der Waals surface area contributed by atoms with Crippen molar-refractivity contribution in [1.29, 1.82) is 0 Å². The lowest BCUT2D eigenvalue weighted by Crippen LogP contribution is -2.34. The first kappa shape index (κ1) is 18.1. The molecule has 1 aliphatic heterocycles. The van der Waals surface area contributed by atoms with Crippen LogP contribution in [0.3, 0.4) is 0 Å². The van der Waals surface area contributed by atoms with E-state index in [4.69, 9.17) is 9.47 Å². The summed E-state index contributed by atoms with van der Waals surface area (Å²) in [6, 6.07) is 12.1. The van der Waals surface area contributed by atoms with Gasteiger partial charge in [0.2, 0.25) is 0 Å². The van der Waals surface area contributed by atoms with E-state index in [0.29, 0.717) is 11.1 Å². The molecule has 1 aliphatic rings. The van der Waals surface area contributed by atoms with E-state index in [1.165, 1.54) is 24.3 Å². The minimum atomic E-state index is -0.773. The predicted octanol–water partition coefficient (Wildman–Crippen LogP) is 1.81. The van der Waals surface area contributed by atoms with Gasteiger partial charge in [-0.05, 0) is 18.2 Å². The molecule has 27 heavy (non-hydrogen) atoms. The normalized spacial score (nSPS) is 12.7. The van der Waals surface area contributed by atoms with Gasteiger partial charge in [0.25, 0.3) is 11.8 Å². The van der Waals surface area contributed by atoms with Gasteiger partial charge in [0.15, 0.2) is 12.4 Å². The number of ether oxygens (including phenoxy) is 2. The first-order valence-electron chi connectivity index (χ1n) is 7.96. The molecule has 0 aliphatic carbocycles. The van der Waals surface area contributed by atoms with Crippen LogP contribution in [-0.4, -0.2) is 47.4 Å². The molecule has 3 rings (SSSR count). The van der Waals surface area contributed by atoms with Crippen molar-refractivity contribution in [1.82, 2.24) is 4.90 Å². The molecule has 0 aromatic heterocycles. The first-order valence-corrected chi connectivity index (χ1v) is 7.96. The van der Waals surface area contributed by atoms with E-state index in [0.717, 1.165) is 4.90 Å². The molecule has 138 valence electrons. The largest absolute Gasteiger partial charge is 0.475 e. The molecule has 2 aromatic carbocycles. The topological polar surface area (TPSA) is 116 Å². The van der Waals surface area contributed by atoms with Crippen LogP contribution in [0.25, 0.3) is 0 Å². The summed E-state index contributed by atoms with van der Waals surface area (Å²) in [5.41, 5.74) is 0.360. The van der Waals surface area contributed by atoms with Crippen molar-refractivity contribution >= 4 is 23.5 Å². The van der Waals surface area contributed by atoms with Gasteiger partial charge in [-0.15, -0.1) is 0 Å². The number of nitrogens with zero attached hydrogens (tertiary/aromatic N) is 2. The van der Waals surface area contributed by atoms with Gasteiger partial charge in [-0.2, -0.15) is 0 Å². The molecule has 2 amide bonds. The molecule has 0 atom stereocenters. The summed E-state index contributed by atoms with van der Waals surface area (Å²) >= 11 is 0. The predicted molar refractivity (Wildman–Crippen MR) is 91.4 cm³/mol. The zero-order valence-corrected chi connectivity index (χ0v) is 14.0. The van der Waals surface area contributed by atoms with Crippen molar-refractivity contribution in [3.8, 4) is 5.75 Å². The highest BCUT2D eigenvalue weighted by Crippen LogP contribution is 2.25. The van der Waals surface area contributed by atoms with Crippen molar-refractivity contribution in [3.63, 3.8) is 0 Å². The summed E-state index contributed by atoms with van der Waals surface area (Å²) in [7, 11) is 0. The Balaban J connectivity index is 1.49. The van der Waals surface area contributed by atoms with Crippen LogP contribution in [0.4, 0.5) is 5.69 Å². The SMILES string of the molecule is O=C(COc1ccccc1[N+](=O)[O-])OCCN1C(=O)c2ccccc2C1=O. The fraction of sp³-hybridized carbons (Fsp3) is 0.167. The number of hydrogen-bond donors (Lipinski definition) is 0. The Morgan fingerprint density at radius 2 is 1.59 bits per heavy atom. The Morgan fingerprint density at radius 1 is 1.00 bits per heavy atom. The fourth-order valence-electron chi connectivity index (χ4n) is 2.60. The molecule has 0 radical (unpaired) electrons. The Labute approximate surface area is 153 Å². The fourth-order valence-corrected chi connectivity index (χ4v) is 2.60.